The normalized spacial score (nSPS) is 37.8. The molecule has 17 heavy (non-hydrogen) atoms. The van der Waals surface area contributed by atoms with Crippen LogP contribution in [0.2, 0.25) is 0 Å². The van der Waals surface area contributed by atoms with Crippen molar-refractivity contribution in [3.05, 3.63) is 0 Å². The molecule has 100 valence electrons. The third-order valence-corrected chi connectivity index (χ3v) is 4.67. The summed E-state index contributed by atoms with van der Waals surface area (Å²) in [5, 5.41) is 0. The summed E-state index contributed by atoms with van der Waals surface area (Å²) >= 11 is 0. The molecule has 3 heterocycles. The zero-order valence-corrected chi connectivity index (χ0v) is 12.0. The minimum absolute atomic E-state index is 0.240. The highest BCUT2D eigenvalue weighted by molar-refractivity contribution is 5.05. The predicted octanol–water partition coefficient (Wildman–Crippen LogP) is 1.39. The molecule has 1 unspecified atom stereocenters. The standard InChI is InChI=1S/C14H29N3/c1-13(2,3)10-16(4)14(9-15)11-17-7-5-12(14)6-8-17/h12H,5-11,15H2,1-4H3. The highest BCUT2D eigenvalue weighted by Crippen LogP contribution is 2.39. The average Bonchev–Trinajstić information content (AvgIpc) is 2.28. The zero-order valence-electron chi connectivity index (χ0n) is 12.0. The van der Waals surface area contributed by atoms with Crippen molar-refractivity contribution in [3.8, 4) is 0 Å². The van der Waals surface area contributed by atoms with Gasteiger partial charge >= 0.3 is 0 Å². The molecule has 0 spiro atoms. The van der Waals surface area contributed by atoms with E-state index in [0.717, 1.165) is 19.0 Å². The van der Waals surface area contributed by atoms with E-state index in [1.807, 2.05) is 0 Å². The third kappa shape index (κ3) is 2.51. The Morgan fingerprint density at radius 1 is 1.29 bits per heavy atom. The van der Waals surface area contributed by atoms with Crippen LogP contribution in [-0.2, 0) is 0 Å². The Morgan fingerprint density at radius 3 is 2.24 bits per heavy atom. The van der Waals surface area contributed by atoms with Crippen LogP contribution in [0.5, 0.6) is 0 Å². The van der Waals surface area contributed by atoms with Gasteiger partial charge in [-0.1, -0.05) is 20.8 Å². The van der Waals surface area contributed by atoms with Gasteiger partial charge in [-0.05, 0) is 44.3 Å². The lowest BCUT2D eigenvalue weighted by atomic mass is 9.71. The van der Waals surface area contributed by atoms with Gasteiger partial charge in [-0.25, -0.2) is 0 Å². The molecule has 0 aliphatic carbocycles. The van der Waals surface area contributed by atoms with Gasteiger partial charge in [-0.3, -0.25) is 4.90 Å². The monoisotopic (exact) mass is 239 g/mol. The molecular weight excluding hydrogens is 210 g/mol. The molecule has 0 aromatic carbocycles. The summed E-state index contributed by atoms with van der Waals surface area (Å²) in [6.07, 6.45) is 2.68. The van der Waals surface area contributed by atoms with Gasteiger partial charge in [0.2, 0.25) is 0 Å². The fraction of sp³-hybridized carbons (Fsp3) is 1.00. The first-order valence-electron chi connectivity index (χ1n) is 7.01. The van der Waals surface area contributed by atoms with Crippen LogP contribution in [0.25, 0.3) is 0 Å². The number of nitrogens with two attached hydrogens (primary N) is 1. The van der Waals surface area contributed by atoms with Crippen molar-refractivity contribution in [1.29, 1.82) is 0 Å². The van der Waals surface area contributed by atoms with Crippen molar-refractivity contribution >= 4 is 0 Å². The van der Waals surface area contributed by atoms with E-state index >= 15 is 0 Å². The maximum atomic E-state index is 6.18. The van der Waals surface area contributed by atoms with Gasteiger partial charge in [0.15, 0.2) is 0 Å². The smallest absolute Gasteiger partial charge is 0.0484 e. The van der Waals surface area contributed by atoms with Gasteiger partial charge in [0.05, 0.1) is 0 Å². The summed E-state index contributed by atoms with van der Waals surface area (Å²) in [6, 6.07) is 0. The van der Waals surface area contributed by atoms with Crippen LogP contribution in [0.4, 0.5) is 0 Å². The van der Waals surface area contributed by atoms with Gasteiger partial charge in [-0.15, -0.1) is 0 Å². The molecule has 0 aromatic heterocycles. The SMILES string of the molecule is CN(CC(C)(C)C)C1(CN)CN2CCC1CC2. The largest absolute Gasteiger partial charge is 0.329 e. The van der Waals surface area contributed by atoms with E-state index in [1.165, 1.54) is 32.5 Å². The lowest BCUT2D eigenvalue weighted by molar-refractivity contribution is -0.0657. The van der Waals surface area contributed by atoms with E-state index in [9.17, 15) is 0 Å². The molecule has 3 aliphatic heterocycles. The number of hydrogen-bond acceptors (Lipinski definition) is 3. The number of likely N-dealkylation sites (N-methyl/N-ethyl adjacent to an activating group) is 1. The van der Waals surface area contributed by atoms with Crippen LogP contribution >= 0.6 is 0 Å². The third-order valence-electron chi connectivity index (χ3n) is 4.67. The van der Waals surface area contributed by atoms with Crippen molar-refractivity contribution in [1.82, 2.24) is 9.80 Å². The lowest BCUT2D eigenvalue weighted by Gasteiger charge is -2.57. The minimum atomic E-state index is 0.240. The van der Waals surface area contributed by atoms with E-state index in [0.29, 0.717) is 5.41 Å². The van der Waals surface area contributed by atoms with Gasteiger partial charge in [0.25, 0.3) is 0 Å². The van der Waals surface area contributed by atoms with Crippen LogP contribution in [0, 0.1) is 11.3 Å². The zero-order chi connectivity index (χ0) is 12.7. The van der Waals surface area contributed by atoms with Gasteiger partial charge in [-0.2, -0.15) is 0 Å². The van der Waals surface area contributed by atoms with E-state index in [2.05, 4.69) is 37.6 Å². The molecule has 3 rings (SSSR count). The van der Waals surface area contributed by atoms with Crippen LogP contribution < -0.4 is 5.73 Å². The van der Waals surface area contributed by atoms with Gasteiger partial charge in [0.1, 0.15) is 0 Å². The Hall–Kier alpha value is -0.120. The van der Waals surface area contributed by atoms with Crippen LogP contribution in [0.1, 0.15) is 33.6 Å². The topological polar surface area (TPSA) is 32.5 Å². The molecule has 0 amide bonds. The molecule has 3 nitrogen and oxygen atoms in total. The molecule has 0 radical (unpaired) electrons. The van der Waals surface area contributed by atoms with E-state index in [1.54, 1.807) is 0 Å². The van der Waals surface area contributed by atoms with Crippen molar-refractivity contribution in [3.63, 3.8) is 0 Å². The fourth-order valence-electron chi connectivity index (χ4n) is 3.83. The van der Waals surface area contributed by atoms with E-state index < -0.39 is 0 Å². The predicted molar refractivity (Wildman–Crippen MR) is 73.0 cm³/mol. The Labute approximate surface area is 106 Å². The van der Waals surface area contributed by atoms with Crippen molar-refractivity contribution in [2.75, 3.05) is 39.8 Å². The van der Waals surface area contributed by atoms with Gasteiger partial charge in [0, 0.05) is 25.2 Å². The first-order valence-corrected chi connectivity index (χ1v) is 7.01. The number of piperidine rings is 3. The van der Waals surface area contributed by atoms with E-state index in [-0.39, 0.29) is 5.54 Å². The van der Waals surface area contributed by atoms with Crippen LogP contribution in [0.15, 0.2) is 0 Å². The summed E-state index contributed by atoms with van der Waals surface area (Å²) in [5.74, 6) is 0.810. The molecule has 3 heteroatoms. The van der Waals surface area contributed by atoms with Gasteiger partial charge < -0.3 is 10.6 Å². The molecule has 2 bridgehead atoms. The summed E-state index contributed by atoms with van der Waals surface area (Å²) in [7, 11) is 2.28. The molecule has 0 aromatic rings. The first kappa shape index (κ1) is 13.3. The molecule has 3 saturated heterocycles. The Morgan fingerprint density at radius 2 is 1.88 bits per heavy atom. The number of nitrogens with zero attached hydrogens (tertiary/aromatic N) is 2. The maximum Gasteiger partial charge on any atom is 0.0484 e. The molecule has 3 aliphatic rings. The molecule has 2 N–H and O–H groups in total. The maximum absolute atomic E-state index is 6.18. The Bertz CT molecular complexity index is 263. The molecular formula is C14H29N3. The second kappa shape index (κ2) is 4.52. The molecule has 0 saturated carbocycles. The van der Waals surface area contributed by atoms with Crippen LogP contribution in [-0.4, -0.2) is 55.1 Å². The first-order chi connectivity index (χ1) is 7.87. The fourth-order valence-corrected chi connectivity index (χ4v) is 3.83. The highest BCUT2D eigenvalue weighted by atomic mass is 15.3. The quantitative estimate of drug-likeness (QED) is 0.808. The Balaban J connectivity index is 2.14. The molecule has 1 atom stereocenters. The lowest BCUT2D eigenvalue weighted by Crippen LogP contribution is -2.69. The minimum Gasteiger partial charge on any atom is -0.329 e. The van der Waals surface area contributed by atoms with Crippen molar-refractivity contribution in [2.24, 2.45) is 17.1 Å². The van der Waals surface area contributed by atoms with E-state index in [4.69, 9.17) is 5.73 Å². The summed E-state index contributed by atoms with van der Waals surface area (Å²) < 4.78 is 0. The number of fused-ring (bicyclic) bond motifs is 3. The second-order valence-electron chi connectivity index (χ2n) is 7.27. The summed E-state index contributed by atoms with van der Waals surface area (Å²) in [4.78, 5) is 5.16. The average molecular weight is 239 g/mol. The number of rotatable bonds is 3. The highest BCUT2D eigenvalue weighted by Gasteiger charge is 2.48. The van der Waals surface area contributed by atoms with Crippen molar-refractivity contribution in [2.45, 2.75) is 39.2 Å². The molecule has 3 fully saturated rings. The van der Waals surface area contributed by atoms with Crippen molar-refractivity contribution < 1.29 is 0 Å². The summed E-state index contributed by atoms with van der Waals surface area (Å²) in [6.45, 7) is 12.6. The summed E-state index contributed by atoms with van der Waals surface area (Å²) in [5.41, 5.74) is 6.77. The number of hydrogen-bond donors (Lipinski definition) is 1. The van der Waals surface area contributed by atoms with Crippen LogP contribution in [0.3, 0.4) is 0 Å². The Kier molecular flexibility index (Phi) is 3.54. The second-order valence-corrected chi connectivity index (χ2v) is 7.27.